The summed E-state index contributed by atoms with van der Waals surface area (Å²) in [5.74, 6) is 5.69. The molecule has 0 saturated heterocycles. The van der Waals surface area contributed by atoms with Crippen LogP contribution in [0.3, 0.4) is 0 Å². The Hall–Kier alpha value is -0.750. The summed E-state index contributed by atoms with van der Waals surface area (Å²) in [6, 6.07) is 4.42. The molecule has 2 aromatic heterocycles. The van der Waals surface area contributed by atoms with E-state index in [-0.39, 0.29) is 11.5 Å². The Morgan fingerprint density at radius 2 is 2.11 bits per heavy atom. The molecule has 0 spiro atoms. The molecular weight excluding hydrogens is 274 g/mol. The fourth-order valence-corrected chi connectivity index (χ4v) is 3.81. The lowest BCUT2D eigenvalue weighted by atomic mass is 9.93. The summed E-state index contributed by atoms with van der Waals surface area (Å²) in [6.45, 7) is 8.68. The number of nitrogens with one attached hydrogen (secondary N) is 1. The Labute approximate surface area is 122 Å². The molecule has 2 rings (SSSR count). The number of nitrogens with two attached hydrogens (primary N) is 1. The van der Waals surface area contributed by atoms with E-state index in [2.05, 4.69) is 50.6 Å². The van der Waals surface area contributed by atoms with E-state index in [0.29, 0.717) is 0 Å². The molecule has 3 nitrogen and oxygen atoms in total. The highest BCUT2D eigenvalue weighted by atomic mass is 32.1. The third-order valence-corrected chi connectivity index (χ3v) is 4.99. The third-order valence-electron chi connectivity index (χ3n) is 3.00. The van der Waals surface area contributed by atoms with Crippen LogP contribution < -0.4 is 11.3 Å². The lowest BCUT2D eigenvalue weighted by Crippen LogP contribution is -2.29. The number of rotatable bonds is 4. The van der Waals surface area contributed by atoms with Crippen LogP contribution in [0.5, 0.6) is 0 Å². The van der Waals surface area contributed by atoms with Gasteiger partial charge in [0.2, 0.25) is 0 Å². The summed E-state index contributed by atoms with van der Waals surface area (Å²) in [6.07, 6.45) is 0.844. The molecule has 0 aromatic carbocycles. The smallest absolute Gasteiger partial charge is 0.0948 e. The highest BCUT2D eigenvalue weighted by Crippen LogP contribution is 2.28. The summed E-state index contributed by atoms with van der Waals surface area (Å²) in [5, 5.41) is 3.29. The highest BCUT2D eigenvalue weighted by molar-refractivity contribution is 7.12. The van der Waals surface area contributed by atoms with Gasteiger partial charge in [0.05, 0.1) is 16.7 Å². The van der Waals surface area contributed by atoms with Crippen molar-refractivity contribution in [1.82, 2.24) is 10.4 Å². The maximum absolute atomic E-state index is 5.69. The fraction of sp³-hybridized carbons (Fsp3) is 0.500. The summed E-state index contributed by atoms with van der Waals surface area (Å²) in [7, 11) is 0. The minimum Gasteiger partial charge on any atom is -0.271 e. The topological polar surface area (TPSA) is 50.9 Å². The van der Waals surface area contributed by atoms with Gasteiger partial charge < -0.3 is 0 Å². The third kappa shape index (κ3) is 3.63. The van der Waals surface area contributed by atoms with Gasteiger partial charge in [-0.1, -0.05) is 20.8 Å². The predicted octanol–water partition coefficient (Wildman–Crippen LogP) is 3.56. The Bertz CT molecular complexity index is 537. The van der Waals surface area contributed by atoms with Gasteiger partial charge >= 0.3 is 0 Å². The maximum Gasteiger partial charge on any atom is 0.0948 e. The van der Waals surface area contributed by atoms with Gasteiger partial charge in [-0.15, -0.1) is 22.7 Å². The van der Waals surface area contributed by atoms with Crippen LogP contribution in [-0.2, 0) is 11.8 Å². The van der Waals surface area contributed by atoms with E-state index in [1.165, 1.54) is 9.75 Å². The Morgan fingerprint density at radius 1 is 1.37 bits per heavy atom. The van der Waals surface area contributed by atoms with Gasteiger partial charge in [0.15, 0.2) is 0 Å². The molecule has 0 aliphatic heterocycles. The quantitative estimate of drug-likeness (QED) is 0.670. The van der Waals surface area contributed by atoms with Crippen LogP contribution in [0, 0.1) is 6.92 Å². The zero-order chi connectivity index (χ0) is 14.0. The van der Waals surface area contributed by atoms with Gasteiger partial charge in [-0.3, -0.25) is 11.3 Å². The van der Waals surface area contributed by atoms with Gasteiger partial charge in [-0.2, -0.15) is 0 Å². The molecule has 1 atom stereocenters. The number of thiophene rings is 1. The van der Waals surface area contributed by atoms with Crippen molar-refractivity contribution in [2.24, 2.45) is 5.84 Å². The SMILES string of the molecule is Cc1ccc(C(Cc2nc(C(C)(C)C)cs2)NN)s1. The molecule has 0 radical (unpaired) electrons. The molecule has 1 unspecified atom stereocenters. The minimum atomic E-state index is 0.111. The number of thiazole rings is 1. The number of aryl methyl sites for hydroxylation is 1. The van der Waals surface area contributed by atoms with Crippen LogP contribution in [0.1, 0.15) is 47.3 Å². The first-order valence-corrected chi connectivity index (χ1v) is 8.07. The zero-order valence-electron chi connectivity index (χ0n) is 11.9. The normalized spacial score (nSPS) is 13.7. The summed E-state index contributed by atoms with van der Waals surface area (Å²) in [5.41, 5.74) is 4.17. The molecule has 2 aromatic rings. The van der Waals surface area contributed by atoms with Crippen molar-refractivity contribution in [3.8, 4) is 0 Å². The largest absolute Gasteiger partial charge is 0.271 e. The average Bonchev–Trinajstić information content (AvgIpc) is 2.94. The number of hydrogen-bond donors (Lipinski definition) is 2. The van der Waals surface area contributed by atoms with Crippen LogP contribution in [0.2, 0.25) is 0 Å². The molecule has 0 fully saturated rings. The fourth-order valence-electron chi connectivity index (χ4n) is 1.81. The van der Waals surface area contributed by atoms with Crippen molar-refractivity contribution in [1.29, 1.82) is 0 Å². The van der Waals surface area contributed by atoms with E-state index in [4.69, 9.17) is 10.8 Å². The molecule has 0 aliphatic rings. The van der Waals surface area contributed by atoms with Crippen LogP contribution >= 0.6 is 22.7 Å². The number of nitrogens with zero attached hydrogens (tertiary/aromatic N) is 1. The van der Waals surface area contributed by atoms with Crippen molar-refractivity contribution in [3.63, 3.8) is 0 Å². The standard InChI is InChI=1S/C14H21N3S2/c1-9-5-6-11(19-9)10(17-15)7-13-16-12(8-18-13)14(2,3)4/h5-6,8,10,17H,7,15H2,1-4H3. The summed E-state index contributed by atoms with van der Waals surface area (Å²) < 4.78 is 0. The number of hydrazine groups is 1. The Morgan fingerprint density at radius 3 is 2.58 bits per heavy atom. The van der Waals surface area contributed by atoms with Crippen molar-refractivity contribution >= 4 is 22.7 Å². The van der Waals surface area contributed by atoms with Crippen molar-refractivity contribution in [3.05, 3.63) is 38.0 Å². The van der Waals surface area contributed by atoms with Crippen molar-refractivity contribution < 1.29 is 0 Å². The molecule has 5 heteroatoms. The highest BCUT2D eigenvalue weighted by Gasteiger charge is 2.19. The minimum absolute atomic E-state index is 0.111. The van der Waals surface area contributed by atoms with Crippen LogP contribution in [0.15, 0.2) is 17.5 Å². The molecule has 19 heavy (non-hydrogen) atoms. The summed E-state index contributed by atoms with van der Waals surface area (Å²) >= 11 is 3.51. The first kappa shape index (κ1) is 14.7. The molecular formula is C14H21N3S2. The van der Waals surface area contributed by atoms with Gasteiger partial charge in [0.25, 0.3) is 0 Å². The molecule has 0 amide bonds. The van der Waals surface area contributed by atoms with Crippen LogP contribution in [0.4, 0.5) is 0 Å². The maximum atomic E-state index is 5.69. The number of hydrogen-bond acceptors (Lipinski definition) is 5. The lowest BCUT2D eigenvalue weighted by molar-refractivity contribution is 0.547. The molecule has 104 valence electrons. The lowest BCUT2D eigenvalue weighted by Gasteiger charge is -2.15. The summed E-state index contributed by atoms with van der Waals surface area (Å²) in [4.78, 5) is 7.31. The molecule has 2 heterocycles. The zero-order valence-corrected chi connectivity index (χ0v) is 13.5. The van der Waals surface area contributed by atoms with Crippen LogP contribution in [-0.4, -0.2) is 4.98 Å². The number of aromatic nitrogens is 1. The second kappa shape index (κ2) is 5.71. The average molecular weight is 295 g/mol. The van der Waals surface area contributed by atoms with Crippen molar-refractivity contribution in [2.45, 2.75) is 45.6 Å². The second-order valence-corrected chi connectivity index (χ2v) is 8.01. The van der Waals surface area contributed by atoms with Crippen molar-refractivity contribution in [2.75, 3.05) is 0 Å². The first-order valence-electron chi connectivity index (χ1n) is 6.37. The molecule has 3 N–H and O–H groups in total. The van der Waals surface area contributed by atoms with Gasteiger partial charge in [-0.05, 0) is 19.1 Å². The molecule has 0 saturated carbocycles. The van der Waals surface area contributed by atoms with Gasteiger partial charge in [0.1, 0.15) is 0 Å². The predicted molar refractivity (Wildman–Crippen MR) is 83.6 cm³/mol. The van der Waals surface area contributed by atoms with E-state index >= 15 is 0 Å². The second-order valence-electron chi connectivity index (χ2n) is 5.75. The van der Waals surface area contributed by atoms with Gasteiger partial charge in [-0.25, -0.2) is 4.98 Å². The van der Waals surface area contributed by atoms with E-state index < -0.39 is 0 Å². The van der Waals surface area contributed by atoms with E-state index in [9.17, 15) is 0 Å². The molecule has 0 aliphatic carbocycles. The van der Waals surface area contributed by atoms with E-state index in [1.54, 1.807) is 22.7 Å². The molecule has 0 bridgehead atoms. The van der Waals surface area contributed by atoms with Crippen LogP contribution in [0.25, 0.3) is 0 Å². The Kier molecular flexibility index (Phi) is 4.40. The van der Waals surface area contributed by atoms with E-state index in [0.717, 1.165) is 17.1 Å². The van der Waals surface area contributed by atoms with Gasteiger partial charge in [0, 0.05) is 27.0 Å². The van der Waals surface area contributed by atoms with E-state index in [1.807, 2.05) is 0 Å². The first-order chi connectivity index (χ1) is 8.90. The Balaban J connectivity index is 2.13. The monoisotopic (exact) mass is 295 g/mol.